The highest BCUT2D eigenvalue weighted by Crippen LogP contribution is 2.29. The Balaban J connectivity index is 1.65. The number of halogens is 1. The molecule has 0 bridgehead atoms. The van der Waals surface area contributed by atoms with Crippen LogP contribution in [0.15, 0.2) is 48.8 Å². The number of nitro groups is 1. The minimum Gasteiger partial charge on any atom is -0.434 e. The van der Waals surface area contributed by atoms with Gasteiger partial charge in [0.2, 0.25) is 0 Å². The molecular formula is C15H11ClN4O3S. The smallest absolute Gasteiger partial charge is 0.331 e. The molecule has 3 aromatic rings. The lowest BCUT2D eigenvalue weighted by molar-refractivity contribution is -0.386. The molecule has 0 radical (unpaired) electrons. The van der Waals surface area contributed by atoms with Crippen LogP contribution in [0, 0.1) is 10.1 Å². The van der Waals surface area contributed by atoms with Crippen LogP contribution in [0.25, 0.3) is 0 Å². The fourth-order valence-electron chi connectivity index (χ4n) is 1.91. The molecule has 0 atom stereocenters. The number of hydrogen-bond acceptors (Lipinski definition) is 7. The van der Waals surface area contributed by atoms with Crippen LogP contribution in [0.2, 0.25) is 4.47 Å². The van der Waals surface area contributed by atoms with E-state index in [9.17, 15) is 10.1 Å². The van der Waals surface area contributed by atoms with Gasteiger partial charge in [-0.15, -0.1) is 11.3 Å². The number of nitrogens with zero attached hydrogens (tertiary/aromatic N) is 3. The van der Waals surface area contributed by atoms with E-state index in [1.54, 1.807) is 18.3 Å². The molecule has 0 aliphatic heterocycles. The number of rotatable bonds is 6. The molecule has 7 nitrogen and oxygen atoms in total. The van der Waals surface area contributed by atoms with Crippen molar-refractivity contribution in [3.8, 4) is 11.6 Å². The molecule has 24 heavy (non-hydrogen) atoms. The summed E-state index contributed by atoms with van der Waals surface area (Å²) < 4.78 is 5.99. The minimum absolute atomic E-state index is 0.0393. The summed E-state index contributed by atoms with van der Waals surface area (Å²) in [6.07, 6.45) is 3.16. The lowest BCUT2D eigenvalue weighted by Gasteiger charge is -2.07. The van der Waals surface area contributed by atoms with Crippen molar-refractivity contribution in [2.24, 2.45) is 0 Å². The molecule has 0 spiro atoms. The lowest BCUT2D eigenvalue weighted by Crippen LogP contribution is -1.98. The van der Waals surface area contributed by atoms with Gasteiger partial charge < -0.3 is 10.1 Å². The Morgan fingerprint density at radius 2 is 2.04 bits per heavy atom. The molecule has 0 saturated heterocycles. The third-order valence-electron chi connectivity index (χ3n) is 3.01. The van der Waals surface area contributed by atoms with Crippen molar-refractivity contribution in [1.82, 2.24) is 9.97 Å². The summed E-state index contributed by atoms with van der Waals surface area (Å²) in [7, 11) is 0. The predicted octanol–water partition coefficient (Wildman–Crippen LogP) is 4.50. The van der Waals surface area contributed by atoms with Gasteiger partial charge in [0.05, 0.1) is 11.5 Å². The zero-order valence-corrected chi connectivity index (χ0v) is 13.8. The first-order valence-corrected chi connectivity index (χ1v) is 8.02. The first-order chi connectivity index (χ1) is 11.6. The van der Waals surface area contributed by atoms with Crippen LogP contribution in [0.1, 0.15) is 4.88 Å². The summed E-state index contributed by atoms with van der Waals surface area (Å²) in [4.78, 5) is 19.3. The van der Waals surface area contributed by atoms with Crippen LogP contribution in [0.5, 0.6) is 11.6 Å². The molecule has 0 fully saturated rings. The topological polar surface area (TPSA) is 90.2 Å². The molecule has 1 N–H and O–H groups in total. The number of hydrogen-bond donors (Lipinski definition) is 1. The molecule has 0 unspecified atom stereocenters. The third-order valence-corrected chi connectivity index (χ3v) is 4.12. The van der Waals surface area contributed by atoms with Gasteiger partial charge in [-0.05, 0) is 30.3 Å². The lowest BCUT2D eigenvalue weighted by atomic mass is 10.3. The number of ether oxygens (including phenoxy) is 1. The second-order valence-electron chi connectivity index (χ2n) is 4.64. The Bertz CT molecular complexity index is 854. The molecule has 2 aromatic heterocycles. The van der Waals surface area contributed by atoms with E-state index in [1.165, 1.54) is 29.7 Å². The van der Waals surface area contributed by atoms with Gasteiger partial charge >= 0.3 is 5.69 Å². The SMILES string of the molecule is O=[N+]([O-])c1cccnc1Oc1ccc(NCc2cnc(Cl)s2)cc1. The Labute approximate surface area is 146 Å². The molecule has 0 saturated carbocycles. The van der Waals surface area contributed by atoms with E-state index in [4.69, 9.17) is 16.3 Å². The van der Waals surface area contributed by atoms with Gasteiger partial charge in [0.25, 0.3) is 5.88 Å². The molecule has 9 heteroatoms. The molecule has 122 valence electrons. The van der Waals surface area contributed by atoms with Crippen molar-refractivity contribution in [2.75, 3.05) is 5.32 Å². The largest absolute Gasteiger partial charge is 0.434 e. The Hall–Kier alpha value is -2.71. The number of anilines is 1. The number of aromatic nitrogens is 2. The standard InChI is InChI=1S/C15H11ClN4O3S/c16-15-19-9-12(24-15)8-18-10-3-5-11(6-4-10)23-14-13(20(21)22)2-1-7-17-14/h1-7,9,18H,8H2. The van der Waals surface area contributed by atoms with Gasteiger partial charge in [-0.1, -0.05) is 11.6 Å². The summed E-state index contributed by atoms with van der Waals surface area (Å²) in [5, 5.41) is 14.2. The summed E-state index contributed by atoms with van der Waals surface area (Å²) in [6.45, 7) is 0.607. The molecule has 0 amide bonds. The van der Waals surface area contributed by atoms with Crippen LogP contribution in [-0.2, 0) is 6.54 Å². The van der Waals surface area contributed by atoms with Crippen molar-refractivity contribution in [1.29, 1.82) is 0 Å². The van der Waals surface area contributed by atoms with Gasteiger partial charge in [0.15, 0.2) is 4.47 Å². The molecular weight excluding hydrogens is 352 g/mol. The second-order valence-corrected chi connectivity index (χ2v) is 6.34. The zero-order chi connectivity index (χ0) is 16.9. The molecule has 0 aliphatic carbocycles. The molecule has 2 heterocycles. The molecule has 3 rings (SSSR count). The maximum absolute atomic E-state index is 10.9. The van der Waals surface area contributed by atoms with Gasteiger partial charge in [0, 0.05) is 29.0 Å². The van der Waals surface area contributed by atoms with Gasteiger partial charge in [0.1, 0.15) is 5.75 Å². The average Bonchev–Trinajstić information content (AvgIpc) is 3.00. The van der Waals surface area contributed by atoms with Gasteiger partial charge in [-0.25, -0.2) is 9.97 Å². The van der Waals surface area contributed by atoms with Crippen LogP contribution < -0.4 is 10.1 Å². The summed E-state index contributed by atoms with van der Waals surface area (Å²) >= 11 is 7.20. The van der Waals surface area contributed by atoms with E-state index in [1.807, 2.05) is 12.1 Å². The minimum atomic E-state index is -0.529. The van der Waals surface area contributed by atoms with E-state index in [0.717, 1.165) is 10.6 Å². The Kier molecular flexibility index (Phi) is 4.88. The van der Waals surface area contributed by atoms with E-state index in [0.29, 0.717) is 16.8 Å². The van der Waals surface area contributed by atoms with Gasteiger partial charge in [-0.3, -0.25) is 10.1 Å². The van der Waals surface area contributed by atoms with Gasteiger partial charge in [-0.2, -0.15) is 0 Å². The summed E-state index contributed by atoms with van der Waals surface area (Å²) in [5.74, 6) is 0.422. The van der Waals surface area contributed by atoms with Crippen molar-refractivity contribution < 1.29 is 9.66 Å². The normalized spacial score (nSPS) is 10.4. The monoisotopic (exact) mass is 362 g/mol. The zero-order valence-electron chi connectivity index (χ0n) is 12.2. The van der Waals surface area contributed by atoms with Crippen LogP contribution in [-0.4, -0.2) is 14.9 Å². The van der Waals surface area contributed by atoms with Crippen molar-refractivity contribution in [3.05, 3.63) is 68.3 Å². The van der Waals surface area contributed by atoms with Crippen LogP contribution >= 0.6 is 22.9 Å². The van der Waals surface area contributed by atoms with Crippen LogP contribution in [0.3, 0.4) is 0 Å². The Morgan fingerprint density at radius 3 is 2.71 bits per heavy atom. The van der Waals surface area contributed by atoms with Crippen molar-refractivity contribution >= 4 is 34.3 Å². The summed E-state index contributed by atoms with van der Waals surface area (Å²) in [6, 6.07) is 9.88. The maximum Gasteiger partial charge on any atom is 0.331 e. The van der Waals surface area contributed by atoms with E-state index in [-0.39, 0.29) is 11.6 Å². The summed E-state index contributed by atoms with van der Waals surface area (Å²) in [5.41, 5.74) is 0.698. The predicted molar refractivity (Wildman–Crippen MR) is 91.9 cm³/mol. The fourth-order valence-corrected chi connectivity index (χ4v) is 2.82. The molecule has 0 aliphatic rings. The quantitative estimate of drug-likeness (QED) is 0.512. The highest BCUT2D eigenvalue weighted by atomic mass is 35.5. The molecule has 1 aromatic carbocycles. The second kappa shape index (κ2) is 7.24. The third kappa shape index (κ3) is 3.98. The first-order valence-electron chi connectivity index (χ1n) is 6.83. The van der Waals surface area contributed by atoms with E-state index in [2.05, 4.69) is 15.3 Å². The van der Waals surface area contributed by atoms with E-state index >= 15 is 0 Å². The van der Waals surface area contributed by atoms with Crippen molar-refractivity contribution in [2.45, 2.75) is 6.54 Å². The first kappa shape index (κ1) is 16.2. The maximum atomic E-state index is 10.9. The number of benzene rings is 1. The highest BCUT2D eigenvalue weighted by molar-refractivity contribution is 7.15. The van der Waals surface area contributed by atoms with Crippen molar-refractivity contribution in [3.63, 3.8) is 0 Å². The number of nitrogens with one attached hydrogen (secondary N) is 1. The fraction of sp³-hybridized carbons (Fsp3) is 0.0667. The highest BCUT2D eigenvalue weighted by Gasteiger charge is 2.16. The number of pyridine rings is 1. The van der Waals surface area contributed by atoms with E-state index < -0.39 is 4.92 Å². The average molecular weight is 363 g/mol. The number of thiazole rings is 1. The Morgan fingerprint density at radius 1 is 1.25 bits per heavy atom. The van der Waals surface area contributed by atoms with Crippen LogP contribution in [0.4, 0.5) is 11.4 Å².